The summed E-state index contributed by atoms with van der Waals surface area (Å²) < 4.78 is 11.0. The predicted molar refractivity (Wildman–Crippen MR) is 155 cm³/mol. The molecule has 5 nitrogen and oxygen atoms in total. The maximum atomic E-state index is 12.6. The first-order chi connectivity index (χ1) is 18.9. The molecular weight excluding hydrogens is 486 g/mol. The van der Waals surface area contributed by atoms with E-state index in [1.807, 2.05) is 55.5 Å². The Kier molecular flexibility index (Phi) is 11.3. The molecule has 1 atom stereocenters. The topological polar surface area (TPSA) is 76.4 Å². The molecule has 1 unspecified atom stereocenters. The number of rotatable bonds is 14. The number of nitriles is 1. The molecule has 0 heterocycles. The van der Waals surface area contributed by atoms with Crippen molar-refractivity contribution in [3.8, 4) is 28.7 Å². The summed E-state index contributed by atoms with van der Waals surface area (Å²) in [5.41, 5.74) is 2.47. The van der Waals surface area contributed by atoms with E-state index >= 15 is 0 Å². The Morgan fingerprint density at radius 2 is 1.26 bits per heavy atom. The van der Waals surface area contributed by atoms with Crippen LogP contribution in [0.3, 0.4) is 0 Å². The Hall–Kier alpha value is -3.91. The monoisotopic (exact) mass is 525 g/mol. The Bertz CT molecular complexity index is 1240. The molecule has 0 saturated carbocycles. The number of benzene rings is 3. The van der Waals surface area contributed by atoms with Crippen LogP contribution in [0.1, 0.15) is 88.1 Å². The number of esters is 2. The first kappa shape index (κ1) is 29.6. The van der Waals surface area contributed by atoms with Crippen LogP contribution in [0.4, 0.5) is 0 Å². The van der Waals surface area contributed by atoms with Gasteiger partial charge in [-0.05, 0) is 79.3 Å². The van der Waals surface area contributed by atoms with E-state index < -0.39 is 11.4 Å². The second-order valence-corrected chi connectivity index (χ2v) is 10.2. The van der Waals surface area contributed by atoms with Gasteiger partial charge in [0.2, 0.25) is 0 Å². The van der Waals surface area contributed by atoms with Gasteiger partial charge < -0.3 is 9.47 Å². The fourth-order valence-corrected chi connectivity index (χ4v) is 4.44. The molecule has 5 heteroatoms. The highest BCUT2D eigenvalue weighted by Crippen LogP contribution is 2.28. The van der Waals surface area contributed by atoms with Crippen molar-refractivity contribution in [3.05, 3.63) is 83.9 Å². The van der Waals surface area contributed by atoms with Crippen molar-refractivity contribution in [1.29, 1.82) is 5.26 Å². The number of carbonyl (C=O) groups is 2. The number of ether oxygens (including phenoxy) is 2. The molecule has 0 radical (unpaired) electrons. The zero-order valence-corrected chi connectivity index (χ0v) is 23.4. The zero-order valence-electron chi connectivity index (χ0n) is 23.4. The molecule has 204 valence electrons. The third-order valence-electron chi connectivity index (χ3n) is 6.92. The van der Waals surface area contributed by atoms with Gasteiger partial charge in [0, 0.05) is 0 Å². The van der Waals surface area contributed by atoms with Crippen LogP contribution in [-0.4, -0.2) is 11.9 Å². The molecule has 0 amide bonds. The molecular formula is C34H39NO4. The fraction of sp³-hybridized carbons (Fsp3) is 0.382. The van der Waals surface area contributed by atoms with E-state index in [2.05, 4.69) is 13.0 Å². The van der Waals surface area contributed by atoms with Gasteiger partial charge in [-0.15, -0.1) is 0 Å². The summed E-state index contributed by atoms with van der Waals surface area (Å²) in [6.07, 6.45) is 9.80. The summed E-state index contributed by atoms with van der Waals surface area (Å²) in [5, 5.41) is 9.38. The lowest BCUT2D eigenvalue weighted by Gasteiger charge is -2.18. The van der Waals surface area contributed by atoms with Gasteiger partial charge in [0.25, 0.3) is 0 Å². The summed E-state index contributed by atoms with van der Waals surface area (Å²) in [6, 6.07) is 24.1. The highest BCUT2D eigenvalue weighted by molar-refractivity contribution is 5.91. The van der Waals surface area contributed by atoms with E-state index in [1.54, 1.807) is 31.2 Å². The molecule has 0 bridgehead atoms. The molecule has 0 aliphatic heterocycles. The third kappa shape index (κ3) is 8.82. The first-order valence-corrected chi connectivity index (χ1v) is 14.0. The lowest BCUT2D eigenvalue weighted by molar-refractivity contribution is -0.142. The SMILES string of the molecule is CCCCCCCCc1ccc(C(=O)Oc2ccc(-c3ccc(OC(=O)C(C)(C#N)CCC)cc3)cc2)cc1. The van der Waals surface area contributed by atoms with Gasteiger partial charge in [-0.1, -0.05) is 88.8 Å². The van der Waals surface area contributed by atoms with Crippen LogP contribution in [0.5, 0.6) is 11.5 Å². The van der Waals surface area contributed by atoms with Crippen LogP contribution >= 0.6 is 0 Å². The molecule has 0 N–H and O–H groups in total. The standard InChI is InChI=1S/C34H39NO4/c1-4-6-7-8-9-10-11-26-12-14-29(15-13-26)32(36)38-30-20-16-27(17-21-30)28-18-22-31(23-19-28)39-33(37)34(3,25-35)24-5-2/h12-23H,4-11,24H2,1-3H3. The van der Waals surface area contributed by atoms with E-state index in [-0.39, 0.29) is 5.97 Å². The normalized spacial score (nSPS) is 12.3. The maximum absolute atomic E-state index is 12.6. The maximum Gasteiger partial charge on any atom is 0.343 e. The number of hydrogen-bond donors (Lipinski definition) is 0. The largest absolute Gasteiger partial charge is 0.425 e. The highest BCUT2D eigenvalue weighted by Gasteiger charge is 2.34. The van der Waals surface area contributed by atoms with Gasteiger partial charge in [-0.2, -0.15) is 5.26 Å². The molecule has 0 aliphatic rings. The van der Waals surface area contributed by atoms with Gasteiger partial charge in [-0.25, -0.2) is 9.59 Å². The summed E-state index contributed by atoms with van der Waals surface area (Å²) in [4.78, 5) is 25.1. The number of aryl methyl sites for hydroxylation is 1. The van der Waals surface area contributed by atoms with Gasteiger partial charge in [-0.3, -0.25) is 0 Å². The number of nitrogens with zero attached hydrogens (tertiary/aromatic N) is 1. The second-order valence-electron chi connectivity index (χ2n) is 10.2. The van der Waals surface area contributed by atoms with Crippen LogP contribution in [0.15, 0.2) is 72.8 Å². The fourth-order valence-electron chi connectivity index (χ4n) is 4.44. The lowest BCUT2D eigenvalue weighted by atomic mass is 9.87. The third-order valence-corrected chi connectivity index (χ3v) is 6.92. The molecule has 3 rings (SSSR count). The molecule has 0 spiro atoms. The average molecular weight is 526 g/mol. The quantitative estimate of drug-likeness (QED) is 0.119. The van der Waals surface area contributed by atoms with Gasteiger partial charge in [0.05, 0.1) is 11.6 Å². The van der Waals surface area contributed by atoms with E-state index in [0.717, 1.165) is 24.0 Å². The van der Waals surface area contributed by atoms with Crippen LogP contribution in [0.2, 0.25) is 0 Å². The van der Waals surface area contributed by atoms with Gasteiger partial charge >= 0.3 is 11.9 Å². The second kappa shape index (κ2) is 14.9. The van der Waals surface area contributed by atoms with Crippen molar-refractivity contribution in [3.63, 3.8) is 0 Å². The molecule has 0 aromatic heterocycles. The van der Waals surface area contributed by atoms with Gasteiger partial charge in [0.1, 0.15) is 11.5 Å². The summed E-state index contributed by atoms with van der Waals surface area (Å²) in [7, 11) is 0. The Morgan fingerprint density at radius 1 is 0.718 bits per heavy atom. The number of unbranched alkanes of at least 4 members (excludes halogenated alkanes) is 5. The highest BCUT2D eigenvalue weighted by atomic mass is 16.5. The van der Waals surface area contributed by atoms with E-state index in [9.17, 15) is 14.9 Å². The van der Waals surface area contributed by atoms with Crippen LogP contribution in [0, 0.1) is 16.7 Å². The Balaban J connectivity index is 1.52. The van der Waals surface area contributed by atoms with Crippen LogP contribution in [0.25, 0.3) is 11.1 Å². The van der Waals surface area contributed by atoms with Crippen molar-refractivity contribution in [2.75, 3.05) is 0 Å². The Labute approximate surface area is 232 Å². The van der Waals surface area contributed by atoms with E-state index in [1.165, 1.54) is 44.1 Å². The van der Waals surface area contributed by atoms with E-state index in [0.29, 0.717) is 23.5 Å². The van der Waals surface area contributed by atoms with Crippen molar-refractivity contribution in [2.45, 2.75) is 78.6 Å². The molecule has 39 heavy (non-hydrogen) atoms. The van der Waals surface area contributed by atoms with Crippen molar-refractivity contribution in [1.82, 2.24) is 0 Å². The lowest BCUT2D eigenvalue weighted by Crippen LogP contribution is -2.30. The summed E-state index contributed by atoms with van der Waals surface area (Å²) >= 11 is 0. The molecule has 3 aromatic rings. The summed E-state index contributed by atoms with van der Waals surface area (Å²) in [6.45, 7) is 5.76. The minimum absolute atomic E-state index is 0.382. The first-order valence-electron chi connectivity index (χ1n) is 14.0. The average Bonchev–Trinajstić information content (AvgIpc) is 2.96. The Morgan fingerprint density at radius 3 is 1.79 bits per heavy atom. The predicted octanol–water partition coefficient (Wildman–Crippen LogP) is 8.71. The minimum atomic E-state index is -1.16. The van der Waals surface area contributed by atoms with Crippen molar-refractivity contribution in [2.24, 2.45) is 5.41 Å². The van der Waals surface area contributed by atoms with Crippen LogP contribution in [-0.2, 0) is 11.2 Å². The van der Waals surface area contributed by atoms with Crippen LogP contribution < -0.4 is 9.47 Å². The molecule has 0 aliphatic carbocycles. The summed E-state index contributed by atoms with van der Waals surface area (Å²) in [5.74, 6) is -0.0623. The minimum Gasteiger partial charge on any atom is -0.425 e. The smallest absolute Gasteiger partial charge is 0.343 e. The van der Waals surface area contributed by atoms with Crippen molar-refractivity contribution >= 4 is 11.9 Å². The molecule has 0 fully saturated rings. The van der Waals surface area contributed by atoms with Crippen molar-refractivity contribution < 1.29 is 19.1 Å². The molecule has 0 saturated heterocycles. The van der Waals surface area contributed by atoms with Gasteiger partial charge in [0.15, 0.2) is 5.41 Å². The van der Waals surface area contributed by atoms with E-state index in [4.69, 9.17) is 9.47 Å². The molecule has 3 aromatic carbocycles. The zero-order chi connectivity index (χ0) is 28.1. The number of carbonyl (C=O) groups excluding carboxylic acids is 2. The number of hydrogen-bond acceptors (Lipinski definition) is 5.